The number of hydrogen-bond donors (Lipinski definition) is 1. The Labute approximate surface area is 87.3 Å². The summed E-state index contributed by atoms with van der Waals surface area (Å²) in [6.07, 6.45) is 0. The average molecular weight is 214 g/mol. The fourth-order valence-electron chi connectivity index (χ4n) is 0.982. The maximum Gasteiger partial charge on any atom is 0.267 e. The van der Waals surface area contributed by atoms with Crippen molar-refractivity contribution in [1.82, 2.24) is 19.8 Å². The van der Waals surface area contributed by atoms with Crippen molar-refractivity contribution in [2.75, 3.05) is 27.2 Å². The van der Waals surface area contributed by atoms with Gasteiger partial charge in [-0.25, -0.2) is 0 Å². The fourth-order valence-corrected chi connectivity index (χ4v) is 1.63. The molecule has 0 bridgehead atoms. The van der Waals surface area contributed by atoms with Crippen molar-refractivity contribution < 1.29 is 4.79 Å². The van der Waals surface area contributed by atoms with Crippen LogP contribution in [0.15, 0.2) is 0 Å². The van der Waals surface area contributed by atoms with Crippen LogP contribution < -0.4 is 5.32 Å². The van der Waals surface area contributed by atoms with E-state index in [1.165, 1.54) is 0 Å². The van der Waals surface area contributed by atoms with E-state index in [9.17, 15) is 4.79 Å². The van der Waals surface area contributed by atoms with Gasteiger partial charge >= 0.3 is 0 Å². The van der Waals surface area contributed by atoms with E-state index in [2.05, 4.69) is 14.9 Å². The SMILES string of the molecule is CNCCN(C)C(=O)c1snnc1C. The predicted octanol–water partition coefficient (Wildman–Crippen LogP) is 0.138. The molecule has 1 aromatic heterocycles. The third-order valence-electron chi connectivity index (χ3n) is 1.89. The van der Waals surface area contributed by atoms with Crippen LogP contribution in [0, 0.1) is 6.92 Å². The lowest BCUT2D eigenvalue weighted by Gasteiger charge is -2.15. The monoisotopic (exact) mass is 214 g/mol. The summed E-state index contributed by atoms with van der Waals surface area (Å²) in [5.74, 6) is -0.00671. The lowest BCUT2D eigenvalue weighted by Crippen LogP contribution is -2.32. The zero-order chi connectivity index (χ0) is 10.6. The van der Waals surface area contributed by atoms with Crippen LogP contribution >= 0.6 is 11.5 Å². The fraction of sp³-hybridized carbons (Fsp3) is 0.625. The summed E-state index contributed by atoms with van der Waals surface area (Å²) >= 11 is 1.15. The lowest BCUT2D eigenvalue weighted by atomic mass is 10.3. The van der Waals surface area contributed by atoms with Crippen LogP contribution in [0.2, 0.25) is 0 Å². The highest BCUT2D eigenvalue weighted by atomic mass is 32.1. The summed E-state index contributed by atoms with van der Waals surface area (Å²) in [4.78, 5) is 14.1. The van der Waals surface area contributed by atoms with Gasteiger partial charge in [0.2, 0.25) is 0 Å². The van der Waals surface area contributed by atoms with E-state index >= 15 is 0 Å². The third kappa shape index (κ3) is 2.49. The molecule has 0 saturated carbocycles. The van der Waals surface area contributed by atoms with Gasteiger partial charge in [-0.3, -0.25) is 4.79 Å². The Morgan fingerprint density at radius 1 is 1.64 bits per heavy atom. The first-order chi connectivity index (χ1) is 6.66. The third-order valence-corrected chi connectivity index (χ3v) is 2.71. The zero-order valence-electron chi connectivity index (χ0n) is 8.57. The van der Waals surface area contributed by atoms with E-state index in [1.54, 1.807) is 18.9 Å². The Kier molecular flexibility index (Phi) is 3.97. The minimum atomic E-state index is -0.00671. The molecule has 0 fully saturated rings. The molecule has 1 rings (SSSR count). The van der Waals surface area contributed by atoms with Gasteiger partial charge in [0, 0.05) is 20.1 Å². The molecule has 78 valence electrons. The molecule has 0 radical (unpaired) electrons. The second-order valence-electron chi connectivity index (χ2n) is 3.02. The second-order valence-corrected chi connectivity index (χ2v) is 3.77. The van der Waals surface area contributed by atoms with Crippen LogP contribution in [-0.4, -0.2) is 47.6 Å². The van der Waals surface area contributed by atoms with Gasteiger partial charge in [-0.15, -0.1) is 5.10 Å². The van der Waals surface area contributed by atoms with Crippen LogP contribution in [0.3, 0.4) is 0 Å². The van der Waals surface area contributed by atoms with Gasteiger partial charge < -0.3 is 10.2 Å². The van der Waals surface area contributed by atoms with E-state index in [0.29, 0.717) is 17.1 Å². The lowest BCUT2D eigenvalue weighted by molar-refractivity contribution is 0.0800. The average Bonchev–Trinajstić information content (AvgIpc) is 2.59. The van der Waals surface area contributed by atoms with Crippen LogP contribution in [0.25, 0.3) is 0 Å². The summed E-state index contributed by atoms with van der Waals surface area (Å²) in [6.45, 7) is 3.27. The molecule has 0 unspecified atom stereocenters. The number of likely N-dealkylation sites (N-methyl/N-ethyl adjacent to an activating group) is 2. The van der Waals surface area contributed by atoms with Gasteiger partial charge in [-0.2, -0.15) is 0 Å². The van der Waals surface area contributed by atoms with Gasteiger partial charge in [-0.05, 0) is 25.5 Å². The largest absolute Gasteiger partial charge is 0.340 e. The standard InChI is InChI=1S/C8H14N4OS/c1-6-7(14-11-10-6)8(13)12(3)5-4-9-2/h9H,4-5H2,1-3H3. The number of carbonyl (C=O) groups excluding carboxylic acids is 1. The molecule has 0 aliphatic rings. The number of aryl methyl sites for hydroxylation is 1. The molecule has 1 aromatic rings. The molecule has 0 aromatic carbocycles. The number of nitrogens with one attached hydrogen (secondary N) is 1. The smallest absolute Gasteiger partial charge is 0.267 e. The van der Waals surface area contributed by atoms with Crippen molar-refractivity contribution in [2.45, 2.75) is 6.92 Å². The normalized spacial score (nSPS) is 10.2. The molecule has 1 heterocycles. The number of aromatic nitrogens is 2. The highest BCUT2D eigenvalue weighted by Crippen LogP contribution is 2.11. The van der Waals surface area contributed by atoms with E-state index in [1.807, 2.05) is 7.05 Å². The molecule has 0 spiro atoms. The summed E-state index contributed by atoms with van der Waals surface area (Å²) in [5.41, 5.74) is 0.705. The molecule has 5 nitrogen and oxygen atoms in total. The molecular weight excluding hydrogens is 200 g/mol. The Morgan fingerprint density at radius 2 is 2.36 bits per heavy atom. The summed E-state index contributed by atoms with van der Waals surface area (Å²) in [5, 5.41) is 6.80. The van der Waals surface area contributed by atoms with Crippen molar-refractivity contribution in [3.05, 3.63) is 10.6 Å². The van der Waals surface area contributed by atoms with Crippen molar-refractivity contribution in [3.63, 3.8) is 0 Å². The van der Waals surface area contributed by atoms with Gasteiger partial charge in [0.15, 0.2) is 0 Å². The molecule has 6 heteroatoms. The van der Waals surface area contributed by atoms with E-state index < -0.39 is 0 Å². The first-order valence-electron chi connectivity index (χ1n) is 4.36. The molecule has 0 aliphatic carbocycles. The topological polar surface area (TPSA) is 58.1 Å². The first-order valence-corrected chi connectivity index (χ1v) is 5.13. The van der Waals surface area contributed by atoms with Gasteiger partial charge in [-0.1, -0.05) is 4.49 Å². The van der Waals surface area contributed by atoms with E-state index in [-0.39, 0.29) is 5.91 Å². The van der Waals surface area contributed by atoms with Crippen molar-refractivity contribution >= 4 is 17.4 Å². The summed E-state index contributed by atoms with van der Waals surface area (Å²) in [7, 11) is 3.64. The van der Waals surface area contributed by atoms with Crippen LogP contribution in [0.1, 0.15) is 15.4 Å². The second kappa shape index (κ2) is 5.02. The molecule has 0 atom stereocenters. The Bertz CT molecular complexity index is 312. The molecule has 0 saturated heterocycles. The van der Waals surface area contributed by atoms with Gasteiger partial charge in [0.1, 0.15) is 4.88 Å². The Morgan fingerprint density at radius 3 is 2.86 bits per heavy atom. The van der Waals surface area contributed by atoms with Crippen molar-refractivity contribution in [2.24, 2.45) is 0 Å². The Hall–Kier alpha value is -1.01. The number of hydrogen-bond acceptors (Lipinski definition) is 5. The number of carbonyl (C=O) groups is 1. The van der Waals surface area contributed by atoms with Gasteiger partial charge in [0.25, 0.3) is 5.91 Å². The molecule has 1 amide bonds. The molecule has 0 aliphatic heterocycles. The zero-order valence-corrected chi connectivity index (χ0v) is 9.39. The highest BCUT2D eigenvalue weighted by molar-refractivity contribution is 7.07. The minimum absolute atomic E-state index is 0.00671. The molecule has 1 N–H and O–H groups in total. The molecular formula is C8H14N4OS. The Balaban J connectivity index is 2.61. The van der Waals surface area contributed by atoms with Crippen LogP contribution in [-0.2, 0) is 0 Å². The first kappa shape index (κ1) is 11.1. The summed E-state index contributed by atoms with van der Waals surface area (Å²) < 4.78 is 3.73. The molecule has 14 heavy (non-hydrogen) atoms. The van der Waals surface area contributed by atoms with Gasteiger partial charge in [0.05, 0.1) is 5.69 Å². The van der Waals surface area contributed by atoms with E-state index in [4.69, 9.17) is 0 Å². The number of rotatable bonds is 4. The number of amides is 1. The maximum absolute atomic E-state index is 11.8. The van der Waals surface area contributed by atoms with Crippen LogP contribution in [0.5, 0.6) is 0 Å². The van der Waals surface area contributed by atoms with E-state index in [0.717, 1.165) is 18.1 Å². The minimum Gasteiger partial charge on any atom is -0.340 e. The van der Waals surface area contributed by atoms with Crippen LogP contribution in [0.4, 0.5) is 0 Å². The maximum atomic E-state index is 11.8. The predicted molar refractivity (Wildman–Crippen MR) is 55.5 cm³/mol. The highest BCUT2D eigenvalue weighted by Gasteiger charge is 2.16. The number of nitrogens with zero attached hydrogens (tertiary/aromatic N) is 3. The summed E-state index contributed by atoms with van der Waals surface area (Å²) in [6, 6.07) is 0. The van der Waals surface area contributed by atoms with Crippen molar-refractivity contribution in [3.8, 4) is 0 Å². The quantitative estimate of drug-likeness (QED) is 0.774. The van der Waals surface area contributed by atoms with Crippen molar-refractivity contribution in [1.29, 1.82) is 0 Å².